The number of nitrogens with zero attached hydrogens (tertiary/aromatic N) is 2. The molecule has 2 bridgehead atoms. The van der Waals surface area contributed by atoms with Gasteiger partial charge >= 0.3 is 0 Å². The summed E-state index contributed by atoms with van der Waals surface area (Å²) >= 11 is 0. The number of rotatable bonds is 2. The quantitative estimate of drug-likeness (QED) is 0.726. The number of carbonyl (C=O) groups excluding carboxylic acids is 3. The van der Waals surface area contributed by atoms with Crippen LogP contribution in [0.3, 0.4) is 0 Å². The molecule has 148 valence electrons. The number of anilines is 1. The zero-order chi connectivity index (χ0) is 19.6. The Hall–Kier alpha value is -2.55. The van der Waals surface area contributed by atoms with E-state index in [9.17, 15) is 23.2 Å². The van der Waals surface area contributed by atoms with Crippen molar-refractivity contribution in [3.63, 3.8) is 0 Å². The fraction of sp³-hybridized carbons (Fsp3) is 0.526. The number of amides is 3. The summed E-state index contributed by atoms with van der Waals surface area (Å²) in [5, 5.41) is 5.62. The van der Waals surface area contributed by atoms with E-state index in [0.717, 1.165) is 25.5 Å². The largest absolute Gasteiger partial charge is 0.363 e. The Bertz CT molecular complexity index is 898. The van der Waals surface area contributed by atoms with Crippen LogP contribution < -0.4 is 15.5 Å². The lowest BCUT2D eigenvalue weighted by Crippen LogP contribution is -2.61. The van der Waals surface area contributed by atoms with Crippen molar-refractivity contribution in [2.45, 2.75) is 50.4 Å². The Morgan fingerprint density at radius 3 is 2.50 bits per heavy atom. The zero-order valence-electron chi connectivity index (χ0n) is 15.1. The van der Waals surface area contributed by atoms with Crippen molar-refractivity contribution >= 4 is 23.4 Å². The molecule has 0 radical (unpaired) electrons. The van der Waals surface area contributed by atoms with Crippen LogP contribution in [-0.2, 0) is 16.1 Å². The molecule has 7 nitrogen and oxygen atoms in total. The number of carbonyl (C=O) groups is 3. The molecule has 0 aliphatic carbocycles. The van der Waals surface area contributed by atoms with Gasteiger partial charge in [0, 0.05) is 49.8 Å². The third kappa shape index (κ3) is 2.52. The first-order chi connectivity index (χ1) is 13.4. The van der Waals surface area contributed by atoms with E-state index in [1.807, 2.05) is 4.90 Å². The highest BCUT2D eigenvalue weighted by Crippen LogP contribution is 2.40. The highest BCUT2D eigenvalue weighted by molar-refractivity contribution is 6.06. The molecule has 6 rings (SSSR count). The molecule has 28 heavy (non-hydrogen) atoms. The van der Waals surface area contributed by atoms with Crippen LogP contribution in [0.2, 0.25) is 0 Å². The van der Waals surface area contributed by atoms with Crippen molar-refractivity contribution in [2.24, 2.45) is 0 Å². The van der Waals surface area contributed by atoms with Gasteiger partial charge in [-0.15, -0.1) is 0 Å². The summed E-state index contributed by atoms with van der Waals surface area (Å²) in [6, 6.07) is 0.255. The molecule has 5 heterocycles. The summed E-state index contributed by atoms with van der Waals surface area (Å²) in [6.07, 6.45) is 2.21. The van der Waals surface area contributed by atoms with Crippen LogP contribution in [0.5, 0.6) is 0 Å². The number of piperazine rings is 1. The average Bonchev–Trinajstić information content (AvgIpc) is 3.00. The molecule has 0 aromatic heterocycles. The van der Waals surface area contributed by atoms with Gasteiger partial charge < -0.3 is 15.1 Å². The van der Waals surface area contributed by atoms with Gasteiger partial charge in [-0.25, -0.2) is 8.78 Å². The monoisotopic (exact) mass is 390 g/mol. The Morgan fingerprint density at radius 2 is 1.86 bits per heavy atom. The molecule has 3 amide bonds. The molecule has 4 fully saturated rings. The van der Waals surface area contributed by atoms with E-state index in [-0.39, 0.29) is 48.6 Å². The molecule has 1 aromatic carbocycles. The minimum atomic E-state index is -0.906. The summed E-state index contributed by atoms with van der Waals surface area (Å²) in [5.74, 6) is -3.16. The molecule has 0 spiro atoms. The van der Waals surface area contributed by atoms with Crippen molar-refractivity contribution in [1.29, 1.82) is 0 Å². The molecule has 3 unspecified atom stereocenters. The van der Waals surface area contributed by atoms with E-state index in [2.05, 4.69) is 10.6 Å². The molecule has 5 aliphatic heterocycles. The van der Waals surface area contributed by atoms with Crippen LogP contribution in [0.25, 0.3) is 0 Å². The second-order valence-corrected chi connectivity index (χ2v) is 7.93. The fourth-order valence-corrected chi connectivity index (χ4v) is 4.95. The summed E-state index contributed by atoms with van der Waals surface area (Å²) < 4.78 is 29.4. The van der Waals surface area contributed by atoms with E-state index >= 15 is 0 Å². The summed E-state index contributed by atoms with van der Waals surface area (Å²) in [5.41, 5.74) is 0.422. The van der Waals surface area contributed by atoms with Crippen LogP contribution in [0, 0.1) is 11.6 Å². The van der Waals surface area contributed by atoms with Gasteiger partial charge in [-0.3, -0.25) is 19.7 Å². The SMILES string of the molecule is O=C1CCC(N2Cc3c(c(F)cc(F)c3N3CC4CCC3CN4)C2=O)C(=O)N1. The molecular weight excluding hydrogens is 370 g/mol. The molecule has 3 atom stereocenters. The molecule has 5 aliphatic rings. The second-order valence-electron chi connectivity index (χ2n) is 7.93. The molecule has 1 aromatic rings. The Morgan fingerprint density at radius 1 is 1.04 bits per heavy atom. The first-order valence-corrected chi connectivity index (χ1v) is 9.59. The first kappa shape index (κ1) is 17.5. The van der Waals surface area contributed by atoms with Crippen molar-refractivity contribution in [3.8, 4) is 0 Å². The van der Waals surface area contributed by atoms with Gasteiger partial charge in [0.05, 0.1) is 11.3 Å². The van der Waals surface area contributed by atoms with Crippen LogP contribution in [0.4, 0.5) is 14.5 Å². The lowest BCUT2D eigenvalue weighted by atomic mass is 9.91. The number of fused-ring (bicyclic) bond motifs is 4. The van der Waals surface area contributed by atoms with Gasteiger partial charge in [-0.05, 0) is 19.3 Å². The Kier molecular flexibility index (Phi) is 3.90. The van der Waals surface area contributed by atoms with Gasteiger partial charge in [0.1, 0.15) is 17.7 Å². The second kappa shape index (κ2) is 6.23. The number of hydrogen-bond donors (Lipinski definition) is 2. The minimum absolute atomic E-state index is 0.0359. The lowest BCUT2D eigenvalue weighted by Gasteiger charge is -2.47. The number of hydrogen-bond acceptors (Lipinski definition) is 5. The number of halogens is 2. The maximum absolute atomic E-state index is 14.9. The average molecular weight is 390 g/mol. The minimum Gasteiger partial charge on any atom is -0.363 e. The standard InChI is InChI=1S/C19H20F2N4O3/c20-12-5-13(21)17(24-7-9-1-2-10(24)6-22-9)11-8-25(19(28)16(11)12)14-3-4-15(26)23-18(14)27/h5,9-10,14,22H,1-4,6-8H2,(H,23,26,27). The first-order valence-electron chi connectivity index (χ1n) is 9.59. The van der Waals surface area contributed by atoms with Gasteiger partial charge in [0.2, 0.25) is 11.8 Å². The third-order valence-corrected chi connectivity index (χ3v) is 6.33. The summed E-state index contributed by atoms with van der Waals surface area (Å²) in [7, 11) is 0. The van der Waals surface area contributed by atoms with Crippen LogP contribution in [-0.4, -0.2) is 53.8 Å². The molecular formula is C19H20F2N4O3. The van der Waals surface area contributed by atoms with E-state index in [1.165, 1.54) is 4.90 Å². The highest BCUT2D eigenvalue weighted by atomic mass is 19.1. The van der Waals surface area contributed by atoms with Crippen LogP contribution >= 0.6 is 0 Å². The zero-order valence-corrected chi connectivity index (χ0v) is 15.1. The smallest absolute Gasteiger partial charge is 0.258 e. The number of benzene rings is 1. The maximum atomic E-state index is 14.9. The molecule has 0 saturated carbocycles. The van der Waals surface area contributed by atoms with Crippen LogP contribution in [0.1, 0.15) is 41.6 Å². The highest BCUT2D eigenvalue weighted by Gasteiger charge is 2.44. The van der Waals surface area contributed by atoms with Crippen LogP contribution in [0.15, 0.2) is 6.07 Å². The van der Waals surface area contributed by atoms with E-state index in [1.54, 1.807) is 0 Å². The maximum Gasteiger partial charge on any atom is 0.258 e. The molecule has 4 saturated heterocycles. The summed E-state index contributed by atoms with van der Waals surface area (Å²) in [6.45, 7) is 1.29. The third-order valence-electron chi connectivity index (χ3n) is 6.33. The predicted molar refractivity (Wildman–Crippen MR) is 94.6 cm³/mol. The topological polar surface area (TPSA) is 81.8 Å². The van der Waals surface area contributed by atoms with E-state index < -0.39 is 29.5 Å². The van der Waals surface area contributed by atoms with Crippen molar-refractivity contribution in [2.75, 3.05) is 18.0 Å². The van der Waals surface area contributed by atoms with E-state index in [0.29, 0.717) is 12.1 Å². The van der Waals surface area contributed by atoms with Crippen molar-refractivity contribution in [1.82, 2.24) is 15.5 Å². The summed E-state index contributed by atoms with van der Waals surface area (Å²) in [4.78, 5) is 39.8. The van der Waals surface area contributed by atoms with Gasteiger partial charge in [-0.2, -0.15) is 0 Å². The number of nitrogens with one attached hydrogen (secondary N) is 2. The number of imide groups is 1. The Labute approximate surface area is 160 Å². The predicted octanol–water partition coefficient (Wildman–Crippen LogP) is 0.666. The van der Waals surface area contributed by atoms with E-state index in [4.69, 9.17) is 0 Å². The molecule has 2 N–H and O–H groups in total. The van der Waals surface area contributed by atoms with Gasteiger partial charge in [0.15, 0.2) is 0 Å². The number of piperidine rings is 3. The van der Waals surface area contributed by atoms with Crippen molar-refractivity contribution < 1.29 is 23.2 Å². The van der Waals surface area contributed by atoms with Gasteiger partial charge in [0.25, 0.3) is 5.91 Å². The fourth-order valence-electron chi connectivity index (χ4n) is 4.95. The Balaban J connectivity index is 1.54. The van der Waals surface area contributed by atoms with Crippen molar-refractivity contribution in [3.05, 3.63) is 28.8 Å². The normalized spacial score (nSPS) is 29.4. The lowest BCUT2D eigenvalue weighted by molar-refractivity contribution is -0.136. The van der Waals surface area contributed by atoms with Gasteiger partial charge in [-0.1, -0.05) is 0 Å². The molecule has 9 heteroatoms.